The lowest BCUT2D eigenvalue weighted by Gasteiger charge is -2.45. The van der Waals surface area contributed by atoms with Crippen LogP contribution in [0.4, 0.5) is 11.4 Å². The number of nitrogens with one attached hydrogen (secondary N) is 1. The van der Waals surface area contributed by atoms with E-state index >= 15 is 0 Å². The normalized spacial score (nSPS) is 22.8. The predicted molar refractivity (Wildman–Crippen MR) is 76.3 cm³/mol. The van der Waals surface area contributed by atoms with E-state index in [1.807, 2.05) is 4.90 Å². The van der Waals surface area contributed by atoms with Crippen molar-refractivity contribution in [2.75, 3.05) is 36.5 Å². The zero-order valence-electron chi connectivity index (χ0n) is 10.5. The topological polar surface area (TPSA) is 35.6 Å². The quantitative estimate of drug-likeness (QED) is 0.789. The summed E-state index contributed by atoms with van der Waals surface area (Å²) in [5.41, 5.74) is 3.35. The van der Waals surface area contributed by atoms with Crippen LogP contribution in [0.1, 0.15) is 5.56 Å². The van der Waals surface area contributed by atoms with Crippen molar-refractivity contribution in [3.63, 3.8) is 0 Å². The van der Waals surface area contributed by atoms with Crippen molar-refractivity contribution in [1.29, 1.82) is 0 Å². The molecule has 0 spiro atoms. The molecule has 4 nitrogen and oxygen atoms in total. The van der Waals surface area contributed by atoms with Gasteiger partial charge in [0.05, 0.1) is 24.0 Å². The van der Waals surface area contributed by atoms with Crippen LogP contribution in [-0.2, 0) is 4.79 Å². The molecule has 1 aromatic rings. The lowest BCUT2D eigenvalue weighted by Crippen LogP contribution is -2.61. The molecule has 2 aliphatic rings. The van der Waals surface area contributed by atoms with Crippen molar-refractivity contribution in [3.05, 3.63) is 22.2 Å². The summed E-state index contributed by atoms with van der Waals surface area (Å²) in [7, 11) is 2.08. The van der Waals surface area contributed by atoms with Gasteiger partial charge in [0.15, 0.2) is 0 Å². The molecule has 18 heavy (non-hydrogen) atoms. The summed E-state index contributed by atoms with van der Waals surface area (Å²) in [4.78, 5) is 16.3. The summed E-state index contributed by atoms with van der Waals surface area (Å²) >= 11 is 3.61. The Bertz CT molecular complexity index is 517. The van der Waals surface area contributed by atoms with E-state index in [2.05, 4.69) is 52.3 Å². The highest BCUT2D eigenvalue weighted by Gasteiger charge is 2.37. The Morgan fingerprint density at radius 3 is 3.00 bits per heavy atom. The second kappa shape index (κ2) is 4.24. The van der Waals surface area contributed by atoms with Gasteiger partial charge >= 0.3 is 0 Å². The number of hydrogen-bond donors (Lipinski definition) is 1. The Balaban J connectivity index is 2.17. The first-order chi connectivity index (χ1) is 8.58. The number of benzene rings is 1. The van der Waals surface area contributed by atoms with Crippen LogP contribution in [0.2, 0.25) is 0 Å². The Morgan fingerprint density at radius 1 is 1.44 bits per heavy atom. The van der Waals surface area contributed by atoms with E-state index < -0.39 is 0 Å². The highest BCUT2D eigenvalue weighted by molar-refractivity contribution is 9.10. The fourth-order valence-corrected chi connectivity index (χ4v) is 3.59. The molecule has 0 saturated carbocycles. The monoisotopic (exact) mass is 309 g/mol. The van der Waals surface area contributed by atoms with Crippen molar-refractivity contribution in [2.45, 2.75) is 13.0 Å². The van der Waals surface area contributed by atoms with Gasteiger partial charge in [0.1, 0.15) is 0 Å². The lowest BCUT2D eigenvalue weighted by atomic mass is 10.0. The van der Waals surface area contributed by atoms with Crippen molar-refractivity contribution >= 4 is 33.2 Å². The fraction of sp³-hybridized carbons (Fsp3) is 0.462. The second-order valence-corrected chi connectivity index (χ2v) is 5.90. The Hall–Kier alpha value is -1.07. The van der Waals surface area contributed by atoms with E-state index in [1.54, 1.807) is 0 Å². The van der Waals surface area contributed by atoms with Gasteiger partial charge in [-0.3, -0.25) is 4.79 Å². The summed E-state index contributed by atoms with van der Waals surface area (Å²) in [5, 5.41) is 3.18. The molecule has 96 valence electrons. The Labute approximate surface area is 115 Å². The molecule has 0 radical (unpaired) electrons. The van der Waals surface area contributed by atoms with Crippen LogP contribution < -0.4 is 15.1 Å². The first-order valence-corrected chi connectivity index (χ1v) is 6.91. The van der Waals surface area contributed by atoms with E-state index in [-0.39, 0.29) is 11.9 Å². The minimum absolute atomic E-state index is 0.158. The first kappa shape index (κ1) is 12.0. The maximum absolute atomic E-state index is 12.2. The Morgan fingerprint density at radius 2 is 2.22 bits per heavy atom. The van der Waals surface area contributed by atoms with Gasteiger partial charge in [-0.05, 0) is 40.5 Å². The molecule has 2 aliphatic heterocycles. The summed E-state index contributed by atoms with van der Waals surface area (Å²) in [6.45, 7) is 4.24. The number of rotatable bonds is 0. The van der Waals surface area contributed by atoms with Crippen molar-refractivity contribution in [3.8, 4) is 0 Å². The van der Waals surface area contributed by atoms with Gasteiger partial charge in [-0.1, -0.05) is 0 Å². The average Bonchev–Trinajstić information content (AvgIpc) is 2.29. The van der Waals surface area contributed by atoms with Crippen LogP contribution in [0.5, 0.6) is 0 Å². The van der Waals surface area contributed by atoms with Crippen molar-refractivity contribution in [1.82, 2.24) is 5.32 Å². The number of piperazine rings is 1. The van der Waals surface area contributed by atoms with Crippen molar-refractivity contribution < 1.29 is 4.79 Å². The number of carbonyl (C=O) groups excluding carboxylic acids is 1. The van der Waals surface area contributed by atoms with Crippen LogP contribution in [0.25, 0.3) is 0 Å². The third-order valence-corrected chi connectivity index (χ3v) is 4.22. The van der Waals surface area contributed by atoms with Crippen LogP contribution in [-0.4, -0.2) is 38.6 Å². The van der Waals surface area contributed by atoms with E-state index in [1.165, 1.54) is 5.56 Å². The zero-order chi connectivity index (χ0) is 12.9. The molecule has 2 heterocycles. The number of aryl methyl sites for hydroxylation is 1. The largest absolute Gasteiger partial charge is 0.371 e. The second-order valence-electron chi connectivity index (χ2n) is 5.04. The molecular weight excluding hydrogens is 294 g/mol. The predicted octanol–water partition coefficient (Wildman–Crippen LogP) is 1.51. The molecular formula is C13H16BrN3O. The van der Waals surface area contributed by atoms with E-state index in [0.717, 1.165) is 28.9 Å². The average molecular weight is 310 g/mol. The van der Waals surface area contributed by atoms with E-state index in [0.29, 0.717) is 6.54 Å². The number of nitrogens with zero attached hydrogens (tertiary/aromatic N) is 2. The standard InChI is InChI=1S/C13H16BrN3O/c1-8-3-10(14)13-11(4-8)16(2)7-9-5-15-6-12(18)17(9)13/h3-4,9,15H,5-7H2,1-2H3. The number of fused-ring (bicyclic) bond motifs is 3. The van der Waals surface area contributed by atoms with Crippen LogP contribution in [0, 0.1) is 6.92 Å². The number of amides is 1. The number of likely N-dealkylation sites (N-methyl/N-ethyl adjacent to an activating group) is 1. The number of hydrogen-bond acceptors (Lipinski definition) is 3. The molecule has 1 saturated heterocycles. The lowest BCUT2D eigenvalue weighted by molar-refractivity contribution is -0.119. The molecule has 0 aromatic heterocycles. The summed E-state index contributed by atoms with van der Waals surface area (Å²) in [6.07, 6.45) is 0. The molecule has 0 aliphatic carbocycles. The maximum atomic E-state index is 12.2. The molecule has 0 bridgehead atoms. The SMILES string of the molecule is Cc1cc(Br)c2c(c1)N(C)CC1CNCC(=O)N21. The number of carbonyl (C=O) groups is 1. The molecule has 1 atom stereocenters. The smallest absolute Gasteiger partial charge is 0.241 e. The minimum Gasteiger partial charge on any atom is -0.371 e. The molecule has 5 heteroatoms. The van der Waals surface area contributed by atoms with Crippen LogP contribution >= 0.6 is 15.9 Å². The van der Waals surface area contributed by atoms with E-state index in [4.69, 9.17) is 0 Å². The highest BCUT2D eigenvalue weighted by Crippen LogP contribution is 2.41. The van der Waals surface area contributed by atoms with E-state index in [9.17, 15) is 4.79 Å². The van der Waals surface area contributed by atoms with Crippen LogP contribution in [0.3, 0.4) is 0 Å². The molecule has 1 aromatic carbocycles. The van der Waals surface area contributed by atoms with Gasteiger partial charge in [0.25, 0.3) is 0 Å². The molecule has 3 rings (SSSR count). The first-order valence-electron chi connectivity index (χ1n) is 6.12. The molecule has 1 fully saturated rings. The zero-order valence-corrected chi connectivity index (χ0v) is 12.1. The van der Waals surface area contributed by atoms with Crippen molar-refractivity contribution in [2.24, 2.45) is 0 Å². The third kappa shape index (κ3) is 1.73. The van der Waals surface area contributed by atoms with Crippen LogP contribution in [0.15, 0.2) is 16.6 Å². The molecule has 1 amide bonds. The molecule has 1 N–H and O–H groups in total. The number of halogens is 1. The third-order valence-electron chi connectivity index (χ3n) is 3.61. The summed E-state index contributed by atoms with van der Waals surface area (Å²) in [6, 6.07) is 4.44. The number of anilines is 2. The Kier molecular flexibility index (Phi) is 2.83. The van der Waals surface area contributed by atoms with Gasteiger partial charge in [0.2, 0.25) is 5.91 Å². The van der Waals surface area contributed by atoms with Gasteiger partial charge in [0, 0.05) is 24.6 Å². The summed E-state index contributed by atoms with van der Waals surface area (Å²) in [5.74, 6) is 0.158. The van der Waals surface area contributed by atoms with Gasteiger partial charge in [-0.25, -0.2) is 0 Å². The maximum Gasteiger partial charge on any atom is 0.241 e. The summed E-state index contributed by atoms with van der Waals surface area (Å²) < 4.78 is 1.00. The van der Waals surface area contributed by atoms with Gasteiger partial charge in [-0.15, -0.1) is 0 Å². The minimum atomic E-state index is 0.158. The van der Waals surface area contributed by atoms with Gasteiger partial charge in [-0.2, -0.15) is 0 Å². The van der Waals surface area contributed by atoms with Gasteiger partial charge < -0.3 is 15.1 Å². The fourth-order valence-electron chi connectivity index (χ4n) is 2.84. The highest BCUT2D eigenvalue weighted by atomic mass is 79.9. The molecule has 1 unspecified atom stereocenters.